The summed E-state index contributed by atoms with van der Waals surface area (Å²) in [4.78, 5) is 2.39. The van der Waals surface area contributed by atoms with Gasteiger partial charge in [0.25, 0.3) is 0 Å². The maximum atomic E-state index is 10.6. The zero-order valence-electron chi connectivity index (χ0n) is 12.1. The normalized spacial score (nSPS) is 18.8. The van der Waals surface area contributed by atoms with Crippen molar-refractivity contribution in [3.05, 3.63) is 34.3 Å². The molecule has 1 aliphatic heterocycles. The maximum absolute atomic E-state index is 10.6. The first-order chi connectivity index (χ1) is 8.91. The van der Waals surface area contributed by atoms with Gasteiger partial charge in [0.05, 0.1) is 6.10 Å². The summed E-state index contributed by atoms with van der Waals surface area (Å²) in [6, 6.07) is 6.05. The minimum absolute atomic E-state index is 0.190. The molecule has 0 aromatic heterocycles. The van der Waals surface area contributed by atoms with E-state index in [-0.39, 0.29) is 5.54 Å². The van der Waals surface area contributed by atoms with Crippen LogP contribution in [0.1, 0.15) is 37.8 Å². The summed E-state index contributed by atoms with van der Waals surface area (Å²) in [6.45, 7) is 8.47. The molecule has 1 aromatic carbocycles. The summed E-state index contributed by atoms with van der Waals surface area (Å²) in [5.41, 5.74) is 2.00. The van der Waals surface area contributed by atoms with Crippen LogP contribution in [-0.4, -0.2) is 34.7 Å². The van der Waals surface area contributed by atoms with Crippen molar-refractivity contribution in [3.63, 3.8) is 0 Å². The van der Waals surface area contributed by atoms with E-state index in [9.17, 15) is 5.11 Å². The Bertz CT molecular complexity index is 438. The monoisotopic (exact) mass is 281 g/mol. The fourth-order valence-corrected chi connectivity index (χ4v) is 3.09. The molecule has 2 nitrogen and oxygen atoms in total. The Morgan fingerprint density at radius 2 is 1.95 bits per heavy atom. The van der Waals surface area contributed by atoms with Crippen LogP contribution in [0.2, 0.25) is 5.02 Å². The number of rotatable bonds is 4. The lowest BCUT2D eigenvalue weighted by molar-refractivity contribution is 0.00338. The summed E-state index contributed by atoms with van der Waals surface area (Å²) in [5, 5.41) is 11.3. The molecular formula is C16H24ClNO. The van der Waals surface area contributed by atoms with E-state index in [0.717, 1.165) is 29.2 Å². The molecule has 1 N–H and O–H groups in total. The molecule has 1 atom stereocenters. The lowest BCUT2D eigenvalue weighted by Gasteiger charge is -2.39. The predicted octanol–water partition coefficient (Wildman–Crippen LogP) is 3.43. The van der Waals surface area contributed by atoms with Gasteiger partial charge in [-0.1, -0.05) is 23.7 Å². The second-order valence-electron chi connectivity index (χ2n) is 6.16. The van der Waals surface area contributed by atoms with Gasteiger partial charge in [0.15, 0.2) is 0 Å². The molecule has 0 bridgehead atoms. The second kappa shape index (κ2) is 5.82. The highest BCUT2D eigenvalue weighted by atomic mass is 35.5. The highest BCUT2D eigenvalue weighted by Gasteiger charge is 2.35. The van der Waals surface area contributed by atoms with E-state index in [4.69, 9.17) is 11.6 Å². The second-order valence-corrected chi connectivity index (χ2v) is 6.57. The molecule has 0 saturated carbocycles. The number of aliphatic hydroxyl groups is 1. The van der Waals surface area contributed by atoms with E-state index >= 15 is 0 Å². The van der Waals surface area contributed by atoms with Crippen LogP contribution < -0.4 is 0 Å². The standard InChI is InChI=1S/C16H24ClNO/c1-12-6-7-13(14(17)10-12)11-15(19)16(2,3)18-8-4-5-9-18/h6-7,10,15,19H,4-5,8-9,11H2,1-3H3. The highest BCUT2D eigenvalue weighted by Crippen LogP contribution is 2.28. The molecule has 1 fully saturated rings. The Balaban J connectivity index is 2.09. The van der Waals surface area contributed by atoms with Crippen molar-refractivity contribution in [1.82, 2.24) is 4.90 Å². The molecule has 19 heavy (non-hydrogen) atoms. The van der Waals surface area contributed by atoms with Crippen LogP contribution in [0.15, 0.2) is 18.2 Å². The number of hydrogen-bond acceptors (Lipinski definition) is 2. The maximum Gasteiger partial charge on any atom is 0.0759 e. The Morgan fingerprint density at radius 1 is 1.32 bits per heavy atom. The van der Waals surface area contributed by atoms with Gasteiger partial charge >= 0.3 is 0 Å². The van der Waals surface area contributed by atoms with Crippen LogP contribution in [0.25, 0.3) is 0 Å². The Hall–Kier alpha value is -0.570. The molecule has 1 aliphatic rings. The lowest BCUT2D eigenvalue weighted by atomic mass is 9.90. The molecule has 0 radical (unpaired) electrons. The minimum atomic E-state index is -0.397. The fourth-order valence-electron chi connectivity index (χ4n) is 2.78. The van der Waals surface area contributed by atoms with Crippen molar-refractivity contribution in [2.75, 3.05) is 13.1 Å². The van der Waals surface area contributed by atoms with Gasteiger partial charge < -0.3 is 5.11 Å². The van der Waals surface area contributed by atoms with Crippen molar-refractivity contribution in [2.24, 2.45) is 0 Å². The molecular weight excluding hydrogens is 258 g/mol. The first kappa shape index (κ1) is 14.8. The van der Waals surface area contributed by atoms with E-state index in [1.54, 1.807) is 0 Å². The molecule has 0 spiro atoms. The number of aliphatic hydroxyl groups excluding tert-OH is 1. The van der Waals surface area contributed by atoms with Crippen molar-refractivity contribution in [2.45, 2.75) is 51.7 Å². The van der Waals surface area contributed by atoms with Crippen molar-refractivity contribution in [1.29, 1.82) is 0 Å². The number of hydrogen-bond donors (Lipinski definition) is 1. The molecule has 106 valence electrons. The van der Waals surface area contributed by atoms with Crippen LogP contribution in [0.5, 0.6) is 0 Å². The molecule has 1 unspecified atom stereocenters. The predicted molar refractivity (Wildman–Crippen MR) is 80.8 cm³/mol. The highest BCUT2D eigenvalue weighted by molar-refractivity contribution is 6.31. The molecule has 2 rings (SSSR count). The van der Waals surface area contributed by atoms with Gasteiger partial charge in [-0.2, -0.15) is 0 Å². The molecule has 1 aromatic rings. The largest absolute Gasteiger partial charge is 0.391 e. The smallest absolute Gasteiger partial charge is 0.0759 e. The molecule has 1 heterocycles. The van der Waals surface area contributed by atoms with E-state index in [2.05, 4.69) is 24.8 Å². The topological polar surface area (TPSA) is 23.5 Å². The van der Waals surface area contributed by atoms with E-state index in [1.165, 1.54) is 12.8 Å². The fraction of sp³-hybridized carbons (Fsp3) is 0.625. The number of likely N-dealkylation sites (tertiary alicyclic amines) is 1. The zero-order chi connectivity index (χ0) is 14.0. The van der Waals surface area contributed by atoms with E-state index < -0.39 is 6.10 Å². The van der Waals surface area contributed by atoms with Gasteiger partial charge in [-0.3, -0.25) is 4.90 Å². The van der Waals surface area contributed by atoms with Crippen molar-refractivity contribution in [3.8, 4) is 0 Å². The Labute approximate surface area is 121 Å². The summed E-state index contributed by atoms with van der Waals surface area (Å²) in [6.07, 6.45) is 2.69. The Morgan fingerprint density at radius 3 is 2.53 bits per heavy atom. The summed E-state index contributed by atoms with van der Waals surface area (Å²) in [7, 11) is 0. The van der Waals surface area contributed by atoms with Crippen LogP contribution in [0.4, 0.5) is 0 Å². The average Bonchev–Trinajstić information content (AvgIpc) is 2.86. The zero-order valence-corrected chi connectivity index (χ0v) is 12.9. The van der Waals surface area contributed by atoms with Gasteiger partial charge in [-0.25, -0.2) is 0 Å². The average molecular weight is 282 g/mol. The summed E-state index contributed by atoms with van der Waals surface area (Å²) in [5.74, 6) is 0. The van der Waals surface area contributed by atoms with Crippen LogP contribution in [-0.2, 0) is 6.42 Å². The third-order valence-corrected chi connectivity index (χ3v) is 4.71. The van der Waals surface area contributed by atoms with Crippen molar-refractivity contribution >= 4 is 11.6 Å². The van der Waals surface area contributed by atoms with Crippen molar-refractivity contribution < 1.29 is 5.11 Å². The third-order valence-electron chi connectivity index (χ3n) is 4.36. The van der Waals surface area contributed by atoms with Crippen LogP contribution in [0.3, 0.4) is 0 Å². The first-order valence-corrected chi connectivity index (χ1v) is 7.47. The molecule has 0 amide bonds. The molecule has 0 aliphatic carbocycles. The van der Waals surface area contributed by atoms with Gasteiger partial charge in [-0.05, 0) is 63.9 Å². The van der Waals surface area contributed by atoms with Gasteiger partial charge in [0, 0.05) is 17.0 Å². The van der Waals surface area contributed by atoms with Crippen LogP contribution in [0, 0.1) is 6.92 Å². The molecule has 3 heteroatoms. The summed E-state index contributed by atoms with van der Waals surface area (Å²) >= 11 is 6.26. The number of aryl methyl sites for hydroxylation is 1. The van der Waals surface area contributed by atoms with E-state index in [0.29, 0.717) is 6.42 Å². The van der Waals surface area contributed by atoms with Gasteiger partial charge in [0.1, 0.15) is 0 Å². The summed E-state index contributed by atoms with van der Waals surface area (Å²) < 4.78 is 0. The third kappa shape index (κ3) is 3.31. The lowest BCUT2D eigenvalue weighted by Crippen LogP contribution is -2.51. The van der Waals surface area contributed by atoms with E-state index in [1.807, 2.05) is 19.1 Å². The number of nitrogens with zero attached hydrogens (tertiary/aromatic N) is 1. The minimum Gasteiger partial charge on any atom is -0.391 e. The number of halogens is 1. The van der Waals surface area contributed by atoms with Crippen LogP contribution >= 0.6 is 11.6 Å². The quantitative estimate of drug-likeness (QED) is 0.914. The van der Waals surface area contributed by atoms with Gasteiger partial charge in [0.2, 0.25) is 0 Å². The van der Waals surface area contributed by atoms with Gasteiger partial charge in [-0.15, -0.1) is 0 Å². The molecule has 1 saturated heterocycles. The first-order valence-electron chi connectivity index (χ1n) is 7.09. The SMILES string of the molecule is Cc1ccc(CC(O)C(C)(C)N2CCCC2)c(Cl)c1. The number of benzene rings is 1. The Kier molecular flexibility index (Phi) is 4.54.